The fourth-order valence-corrected chi connectivity index (χ4v) is 4.65. The second-order valence-corrected chi connectivity index (χ2v) is 8.67. The molecule has 0 aliphatic heterocycles. The molecule has 0 amide bonds. The van der Waals surface area contributed by atoms with Gasteiger partial charge in [0.15, 0.2) is 0 Å². The van der Waals surface area contributed by atoms with Gasteiger partial charge in [0.2, 0.25) is 0 Å². The highest BCUT2D eigenvalue weighted by atomic mass is 16.3. The van der Waals surface area contributed by atoms with Crippen LogP contribution in [-0.4, -0.2) is 19.3 Å². The molecule has 0 spiro atoms. The predicted octanol–water partition coefficient (Wildman–Crippen LogP) is 7.68. The van der Waals surface area contributed by atoms with Crippen molar-refractivity contribution >= 4 is 0 Å². The summed E-state index contributed by atoms with van der Waals surface area (Å²) in [5.41, 5.74) is 7.32. The topological polar surface area (TPSA) is 50.3 Å². The van der Waals surface area contributed by atoms with Gasteiger partial charge >= 0.3 is 0 Å². The van der Waals surface area contributed by atoms with E-state index in [0.717, 1.165) is 45.0 Å². The molecule has 4 nitrogen and oxygen atoms in total. The maximum absolute atomic E-state index is 10.6. The van der Waals surface area contributed by atoms with Crippen LogP contribution in [-0.2, 0) is 0 Å². The highest BCUT2D eigenvalue weighted by molar-refractivity contribution is 5.81. The Bertz CT molecular complexity index is 1520. The standard InChI is InChI=1S/C32H24N2O2/c35-31-17-9-7-15-27(31)23-19-29(33(21-23)25-11-3-1-4-12-25)30-20-24(28-16-8-10-18-32(28)36)22-34(30)26-13-5-2-6-14-26/h1-22,35-36H. The molecule has 2 N–H and O–H groups in total. The van der Waals surface area contributed by atoms with Gasteiger partial charge in [0.1, 0.15) is 11.5 Å². The first kappa shape index (κ1) is 21.6. The van der Waals surface area contributed by atoms with Gasteiger partial charge in [-0.3, -0.25) is 0 Å². The molecule has 0 saturated carbocycles. The Morgan fingerprint density at radius 1 is 0.417 bits per heavy atom. The molecule has 174 valence electrons. The molecular formula is C32H24N2O2. The first-order chi connectivity index (χ1) is 17.7. The number of benzene rings is 4. The van der Waals surface area contributed by atoms with Crippen molar-refractivity contribution in [2.24, 2.45) is 0 Å². The number of aromatic hydroxyl groups is 2. The lowest BCUT2D eigenvalue weighted by molar-refractivity contribution is 0.477. The van der Waals surface area contributed by atoms with Crippen LogP contribution in [0.4, 0.5) is 0 Å². The average molecular weight is 469 g/mol. The van der Waals surface area contributed by atoms with Gasteiger partial charge in [0.25, 0.3) is 0 Å². The molecule has 0 fully saturated rings. The van der Waals surface area contributed by atoms with E-state index in [2.05, 4.69) is 57.9 Å². The minimum atomic E-state index is 0.239. The third kappa shape index (κ3) is 3.85. The summed E-state index contributed by atoms with van der Waals surface area (Å²) in [6.45, 7) is 0. The minimum Gasteiger partial charge on any atom is -0.507 e. The molecule has 0 radical (unpaired) electrons. The molecule has 2 heterocycles. The summed E-state index contributed by atoms with van der Waals surface area (Å²) in [5, 5.41) is 21.2. The summed E-state index contributed by atoms with van der Waals surface area (Å²) in [5.74, 6) is 0.477. The van der Waals surface area contributed by atoms with Gasteiger partial charge in [-0.05, 0) is 48.5 Å². The van der Waals surface area contributed by atoms with E-state index in [1.165, 1.54) is 0 Å². The average Bonchev–Trinajstić information content (AvgIpc) is 3.55. The minimum absolute atomic E-state index is 0.239. The molecular weight excluding hydrogens is 444 g/mol. The second kappa shape index (κ2) is 9.01. The molecule has 0 atom stereocenters. The summed E-state index contributed by atoms with van der Waals surface area (Å²) in [4.78, 5) is 0. The lowest BCUT2D eigenvalue weighted by atomic mass is 10.1. The van der Waals surface area contributed by atoms with Crippen molar-refractivity contribution in [1.29, 1.82) is 0 Å². The number of phenolic OH excluding ortho intramolecular Hbond substituents is 2. The second-order valence-electron chi connectivity index (χ2n) is 8.67. The Morgan fingerprint density at radius 2 is 0.778 bits per heavy atom. The number of hydrogen-bond donors (Lipinski definition) is 2. The zero-order valence-corrected chi connectivity index (χ0v) is 19.5. The van der Waals surface area contributed by atoms with Crippen molar-refractivity contribution in [2.45, 2.75) is 0 Å². The van der Waals surface area contributed by atoms with Crippen LogP contribution in [0.3, 0.4) is 0 Å². The van der Waals surface area contributed by atoms with Crippen molar-refractivity contribution in [3.63, 3.8) is 0 Å². The van der Waals surface area contributed by atoms with E-state index in [0.29, 0.717) is 0 Å². The Hall–Kier alpha value is -4.96. The zero-order valence-electron chi connectivity index (χ0n) is 19.5. The first-order valence-electron chi connectivity index (χ1n) is 11.8. The van der Waals surface area contributed by atoms with E-state index in [1.54, 1.807) is 12.1 Å². The van der Waals surface area contributed by atoms with Gasteiger partial charge in [0, 0.05) is 46.0 Å². The van der Waals surface area contributed by atoms with Crippen LogP contribution >= 0.6 is 0 Å². The van der Waals surface area contributed by atoms with Crippen molar-refractivity contribution in [2.75, 3.05) is 0 Å². The molecule has 6 rings (SSSR count). The van der Waals surface area contributed by atoms with Crippen LogP contribution in [0.5, 0.6) is 11.5 Å². The lowest BCUT2D eigenvalue weighted by Crippen LogP contribution is -2.00. The molecule has 0 unspecified atom stereocenters. The normalized spacial score (nSPS) is 11.0. The third-order valence-electron chi connectivity index (χ3n) is 6.40. The summed E-state index contributed by atoms with van der Waals surface area (Å²) in [6, 6.07) is 39.3. The summed E-state index contributed by atoms with van der Waals surface area (Å²) in [7, 11) is 0. The van der Waals surface area contributed by atoms with Crippen LogP contribution in [0.15, 0.2) is 134 Å². The van der Waals surface area contributed by atoms with E-state index in [-0.39, 0.29) is 11.5 Å². The molecule has 0 saturated heterocycles. The fourth-order valence-electron chi connectivity index (χ4n) is 4.65. The number of hydrogen-bond acceptors (Lipinski definition) is 2. The Morgan fingerprint density at radius 3 is 1.17 bits per heavy atom. The van der Waals surface area contributed by atoms with Gasteiger partial charge in [-0.15, -0.1) is 0 Å². The van der Waals surface area contributed by atoms with Crippen molar-refractivity contribution in [3.8, 4) is 56.5 Å². The van der Waals surface area contributed by atoms with Gasteiger partial charge in [-0.2, -0.15) is 0 Å². The summed E-state index contributed by atoms with van der Waals surface area (Å²) >= 11 is 0. The smallest absolute Gasteiger partial charge is 0.123 e. The van der Waals surface area contributed by atoms with Crippen LogP contribution in [0, 0.1) is 0 Å². The van der Waals surface area contributed by atoms with Crippen molar-refractivity contribution in [3.05, 3.63) is 134 Å². The molecule has 0 aliphatic carbocycles. The molecule has 6 aromatic rings. The zero-order chi connectivity index (χ0) is 24.5. The highest BCUT2D eigenvalue weighted by Gasteiger charge is 2.19. The van der Waals surface area contributed by atoms with Gasteiger partial charge in [0.05, 0.1) is 11.4 Å². The highest BCUT2D eigenvalue weighted by Crippen LogP contribution is 2.39. The van der Waals surface area contributed by atoms with Crippen molar-refractivity contribution in [1.82, 2.24) is 9.13 Å². The Kier molecular flexibility index (Phi) is 5.39. The number of nitrogens with zero attached hydrogens (tertiary/aromatic N) is 2. The molecule has 0 aliphatic rings. The van der Waals surface area contributed by atoms with E-state index in [9.17, 15) is 10.2 Å². The maximum Gasteiger partial charge on any atom is 0.123 e. The number of aromatic nitrogens is 2. The van der Waals surface area contributed by atoms with Gasteiger partial charge in [-0.25, -0.2) is 0 Å². The lowest BCUT2D eigenvalue weighted by Gasteiger charge is -2.12. The van der Waals surface area contributed by atoms with Gasteiger partial charge < -0.3 is 19.3 Å². The number of para-hydroxylation sites is 4. The maximum atomic E-state index is 10.6. The number of phenols is 2. The van der Waals surface area contributed by atoms with Crippen LogP contribution in [0.1, 0.15) is 0 Å². The summed E-state index contributed by atoms with van der Waals surface area (Å²) in [6.07, 6.45) is 4.11. The quantitative estimate of drug-likeness (QED) is 0.273. The largest absolute Gasteiger partial charge is 0.507 e. The number of rotatable bonds is 5. The Labute approximate surface area is 209 Å². The third-order valence-corrected chi connectivity index (χ3v) is 6.40. The SMILES string of the molecule is Oc1ccccc1-c1cc(-c2cc(-c3ccccc3O)cn2-c2ccccc2)n(-c2ccccc2)c1. The molecule has 2 aromatic heterocycles. The van der Waals surface area contributed by atoms with Crippen molar-refractivity contribution < 1.29 is 10.2 Å². The fraction of sp³-hybridized carbons (Fsp3) is 0. The van der Waals surface area contributed by atoms with Crippen LogP contribution < -0.4 is 0 Å². The Balaban J connectivity index is 1.63. The van der Waals surface area contributed by atoms with Crippen LogP contribution in [0.2, 0.25) is 0 Å². The van der Waals surface area contributed by atoms with Gasteiger partial charge in [-0.1, -0.05) is 72.8 Å². The van der Waals surface area contributed by atoms with E-state index in [4.69, 9.17) is 0 Å². The van der Waals surface area contributed by atoms with E-state index in [1.807, 2.05) is 72.8 Å². The first-order valence-corrected chi connectivity index (χ1v) is 11.8. The molecule has 36 heavy (non-hydrogen) atoms. The molecule has 4 aromatic carbocycles. The molecule has 4 heteroatoms. The summed E-state index contributed by atoms with van der Waals surface area (Å²) < 4.78 is 4.29. The molecule has 0 bridgehead atoms. The van der Waals surface area contributed by atoms with E-state index < -0.39 is 0 Å². The predicted molar refractivity (Wildman–Crippen MR) is 145 cm³/mol. The van der Waals surface area contributed by atoms with Crippen LogP contribution in [0.25, 0.3) is 45.0 Å². The van der Waals surface area contributed by atoms with E-state index >= 15 is 0 Å². The monoisotopic (exact) mass is 468 g/mol.